The number of aromatic hydroxyl groups is 4. The third kappa shape index (κ3) is 9.42. The lowest BCUT2D eigenvalue weighted by Gasteiger charge is -2.37. The van der Waals surface area contributed by atoms with Gasteiger partial charge in [0.2, 0.25) is 0 Å². The van der Waals surface area contributed by atoms with Crippen LogP contribution < -0.4 is 0 Å². The maximum atomic E-state index is 12.8. The maximum Gasteiger partial charge on any atom is 0.123 e. The van der Waals surface area contributed by atoms with E-state index < -0.39 is 33.5 Å². The van der Waals surface area contributed by atoms with Gasteiger partial charge in [-0.25, -0.2) is 0 Å². The normalized spacial score (nSPS) is 13.6. The fraction of sp³-hybridized carbons (Fsp3) is 0.556. The zero-order valence-electron chi connectivity index (χ0n) is 40.0. The molecule has 0 saturated carbocycles. The van der Waals surface area contributed by atoms with Gasteiger partial charge in [0, 0.05) is 23.0 Å². The summed E-state index contributed by atoms with van der Waals surface area (Å²) >= 11 is 0. The van der Waals surface area contributed by atoms with E-state index in [1.165, 1.54) is 0 Å². The summed E-state index contributed by atoms with van der Waals surface area (Å²) in [6.07, 6.45) is 1.54. The topological polar surface area (TPSA) is 80.9 Å². The van der Waals surface area contributed by atoms with Gasteiger partial charge in [0.1, 0.15) is 23.0 Å². The molecular weight excluding hydrogens is 713 g/mol. The summed E-state index contributed by atoms with van der Waals surface area (Å²) in [5.74, 6) is -0.0117. The van der Waals surface area contributed by atoms with Crippen LogP contribution >= 0.6 is 0 Å². The molecule has 0 aliphatic heterocycles. The molecule has 0 bridgehead atoms. The Hall–Kier alpha value is -3.92. The predicted molar refractivity (Wildman–Crippen MR) is 247 cm³/mol. The van der Waals surface area contributed by atoms with E-state index in [1.54, 1.807) is 0 Å². The summed E-state index contributed by atoms with van der Waals surface area (Å²) in [7, 11) is 0. The summed E-state index contributed by atoms with van der Waals surface area (Å²) in [5, 5.41) is 49.9. The molecule has 58 heavy (non-hydrogen) atoms. The fourth-order valence-electron chi connectivity index (χ4n) is 8.53. The minimum absolute atomic E-state index is 0.232. The Bertz CT molecular complexity index is 1920. The number of phenolic OH excluding ortho intramolecular Hbond substituents is 4. The summed E-state index contributed by atoms with van der Waals surface area (Å²) in [6, 6.07) is 17.3. The minimum Gasteiger partial charge on any atom is -0.507 e. The van der Waals surface area contributed by atoms with Crippen molar-refractivity contribution in [1.29, 1.82) is 0 Å². The van der Waals surface area contributed by atoms with Crippen LogP contribution in [0, 0.1) is 0 Å². The zero-order chi connectivity index (χ0) is 44.5. The molecule has 0 aliphatic carbocycles. The lowest BCUT2D eigenvalue weighted by molar-refractivity contribution is 0.415. The molecule has 4 heteroatoms. The van der Waals surface area contributed by atoms with Gasteiger partial charge in [0.25, 0.3) is 0 Å². The quantitative estimate of drug-likeness (QED) is 0.150. The number of benzene rings is 4. The highest BCUT2D eigenvalue weighted by atomic mass is 16.3. The second kappa shape index (κ2) is 15.6. The Morgan fingerprint density at radius 3 is 0.759 bits per heavy atom. The molecule has 0 atom stereocenters. The molecule has 0 spiro atoms. The molecule has 0 saturated heterocycles. The van der Waals surface area contributed by atoms with Gasteiger partial charge >= 0.3 is 0 Å². The zero-order valence-corrected chi connectivity index (χ0v) is 40.0. The van der Waals surface area contributed by atoms with Crippen LogP contribution in [0.4, 0.5) is 0 Å². The highest BCUT2D eigenvalue weighted by Gasteiger charge is 2.40. The number of hydrogen-bond donors (Lipinski definition) is 4. The molecule has 0 amide bonds. The number of hydrogen-bond acceptors (Lipinski definition) is 4. The van der Waals surface area contributed by atoms with Crippen LogP contribution in [-0.2, 0) is 45.3 Å². The molecule has 0 unspecified atom stereocenters. The standard InChI is InChI=1S/C54H78O4/c1-21-31-23-35(45(55)37(25-31)49(3,4)5)44(36-24-32(22-2)26-38(46(36)56)50(6,7)8)43(33-27-39(51(9,10)11)47(57)40(28-33)52(12,13)14)34-29-41(53(15,16)17)48(58)42(30-34)54(18,19)20/h23-30,43-44,55-58H,21-22H2,1-20H3. The molecule has 318 valence electrons. The summed E-state index contributed by atoms with van der Waals surface area (Å²) in [5.41, 5.74) is 8.38. The fourth-order valence-corrected chi connectivity index (χ4v) is 8.53. The van der Waals surface area contributed by atoms with E-state index in [0.29, 0.717) is 11.5 Å². The van der Waals surface area contributed by atoms with Crippen molar-refractivity contribution in [2.45, 2.75) is 196 Å². The van der Waals surface area contributed by atoms with E-state index >= 15 is 0 Å². The van der Waals surface area contributed by atoms with Gasteiger partial charge in [-0.1, -0.05) is 187 Å². The summed E-state index contributed by atoms with van der Waals surface area (Å²) in [4.78, 5) is 0. The molecule has 4 aromatic rings. The van der Waals surface area contributed by atoms with Crippen LogP contribution in [0.3, 0.4) is 0 Å². The van der Waals surface area contributed by atoms with Gasteiger partial charge in [0.05, 0.1) is 0 Å². The van der Waals surface area contributed by atoms with Crippen molar-refractivity contribution < 1.29 is 20.4 Å². The molecule has 4 N–H and O–H groups in total. The molecule has 0 heterocycles. The van der Waals surface area contributed by atoms with E-state index in [4.69, 9.17) is 0 Å². The van der Waals surface area contributed by atoms with Crippen LogP contribution in [0.1, 0.15) is 217 Å². The number of rotatable bonds is 7. The Morgan fingerprint density at radius 2 is 0.552 bits per heavy atom. The largest absolute Gasteiger partial charge is 0.507 e. The highest BCUT2D eigenvalue weighted by molar-refractivity contribution is 5.63. The highest BCUT2D eigenvalue weighted by Crippen LogP contribution is 2.55. The molecule has 0 radical (unpaired) electrons. The van der Waals surface area contributed by atoms with E-state index in [9.17, 15) is 20.4 Å². The van der Waals surface area contributed by atoms with Gasteiger partial charge in [-0.3, -0.25) is 0 Å². The van der Waals surface area contributed by atoms with Crippen molar-refractivity contribution in [3.05, 3.63) is 115 Å². The van der Waals surface area contributed by atoms with Gasteiger partial charge in [-0.2, -0.15) is 0 Å². The number of aryl methyl sites for hydroxylation is 2. The van der Waals surface area contributed by atoms with Crippen LogP contribution in [0.5, 0.6) is 23.0 Å². The summed E-state index contributed by atoms with van der Waals surface area (Å²) < 4.78 is 0. The van der Waals surface area contributed by atoms with Crippen LogP contribution in [0.2, 0.25) is 0 Å². The second-order valence-electron chi connectivity index (χ2n) is 23.3. The van der Waals surface area contributed by atoms with Crippen molar-refractivity contribution in [2.24, 2.45) is 0 Å². The van der Waals surface area contributed by atoms with Crippen LogP contribution in [0.25, 0.3) is 0 Å². The maximum absolute atomic E-state index is 12.8. The average Bonchev–Trinajstić information content (AvgIpc) is 3.05. The van der Waals surface area contributed by atoms with E-state index in [2.05, 4.69) is 187 Å². The van der Waals surface area contributed by atoms with E-state index in [0.717, 1.165) is 79.6 Å². The van der Waals surface area contributed by atoms with Crippen molar-refractivity contribution in [2.75, 3.05) is 0 Å². The lowest BCUT2D eigenvalue weighted by Crippen LogP contribution is -2.24. The molecule has 4 nitrogen and oxygen atoms in total. The van der Waals surface area contributed by atoms with Gasteiger partial charge < -0.3 is 20.4 Å². The Labute approximate surface area is 353 Å². The number of phenols is 4. The van der Waals surface area contributed by atoms with Gasteiger partial charge in [-0.05, 0) is 101 Å². The second-order valence-corrected chi connectivity index (χ2v) is 23.3. The third-order valence-corrected chi connectivity index (χ3v) is 12.0. The lowest BCUT2D eigenvalue weighted by atomic mass is 9.67. The van der Waals surface area contributed by atoms with Gasteiger partial charge in [0.15, 0.2) is 0 Å². The van der Waals surface area contributed by atoms with Crippen molar-refractivity contribution in [1.82, 2.24) is 0 Å². The molecule has 0 aliphatic rings. The van der Waals surface area contributed by atoms with Gasteiger partial charge in [-0.15, -0.1) is 0 Å². The molecule has 0 aromatic heterocycles. The molecule has 4 rings (SSSR count). The first-order valence-corrected chi connectivity index (χ1v) is 21.6. The van der Waals surface area contributed by atoms with Crippen molar-refractivity contribution >= 4 is 0 Å². The van der Waals surface area contributed by atoms with E-state index in [1.807, 2.05) is 0 Å². The Morgan fingerprint density at radius 1 is 0.328 bits per heavy atom. The smallest absolute Gasteiger partial charge is 0.123 e. The first kappa shape index (κ1) is 46.8. The first-order chi connectivity index (χ1) is 26.1. The van der Waals surface area contributed by atoms with Crippen LogP contribution in [-0.4, -0.2) is 20.4 Å². The molecular formula is C54H78O4. The summed E-state index contributed by atoms with van der Waals surface area (Å²) in [6.45, 7) is 42.8. The predicted octanol–water partition coefficient (Wildman–Crippen LogP) is 14.4. The third-order valence-electron chi connectivity index (χ3n) is 12.0. The first-order valence-electron chi connectivity index (χ1n) is 21.6. The molecule has 4 aromatic carbocycles. The van der Waals surface area contributed by atoms with Crippen LogP contribution in [0.15, 0.2) is 48.5 Å². The SMILES string of the molecule is CCc1cc(C(c2cc(CC)cc(C(C)(C)C)c2O)C(c2cc(C(C)(C)C)c(O)c(C(C)(C)C)c2)c2cc(C(C)(C)C)c(O)c(C(C)(C)C)c2)c(O)c(C(C)(C)C)c1. The monoisotopic (exact) mass is 791 g/mol. The average molecular weight is 791 g/mol. The van der Waals surface area contributed by atoms with Crippen molar-refractivity contribution in [3.63, 3.8) is 0 Å². The van der Waals surface area contributed by atoms with Crippen molar-refractivity contribution in [3.8, 4) is 23.0 Å². The minimum atomic E-state index is -0.587. The van der Waals surface area contributed by atoms with E-state index in [-0.39, 0.29) is 22.3 Å². The molecule has 0 fully saturated rings. The Kier molecular flexibility index (Phi) is 12.6. The Balaban J connectivity index is 2.50.